The highest BCUT2D eigenvalue weighted by Gasteiger charge is 2.45. The molecule has 1 aliphatic carbocycles. The third kappa shape index (κ3) is 2.79. The highest BCUT2D eigenvalue weighted by molar-refractivity contribution is 6.12. The Hall–Kier alpha value is -2.24. The molecule has 0 heterocycles. The largest absolute Gasteiger partial charge is 0.495 e. The number of hydrogen-bond donors (Lipinski definition) is 3. The molecule has 0 saturated heterocycles. The molecule has 0 spiro atoms. The average Bonchev–Trinajstić information content (AvgIpc) is 2.97. The molecule has 21 heavy (non-hydrogen) atoms. The summed E-state index contributed by atoms with van der Waals surface area (Å²) < 4.78 is 5.26. The number of amides is 1. The Labute approximate surface area is 124 Å². The van der Waals surface area contributed by atoms with Gasteiger partial charge in [0.15, 0.2) is 5.84 Å². The number of ether oxygens (including phenoxy) is 1. The molecule has 1 amide bonds. The van der Waals surface area contributed by atoms with Gasteiger partial charge in [-0.2, -0.15) is 0 Å². The van der Waals surface area contributed by atoms with Crippen LogP contribution < -0.4 is 15.8 Å². The highest BCUT2D eigenvalue weighted by Crippen LogP contribution is 2.40. The van der Waals surface area contributed by atoms with Crippen LogP contribution in [0.3, 0.4) is 0 Å². The number of nitrogens with zero attached hydrogens (tertiary/aromatic N) is 1. The minimum Gasteiger partial charge on any atom is -0.495 e. The third-order valence-electron chi connectivity index (χ3n) is 4.09. The molecule has 0 aliphatic heterocycles. The second-order valence-electron chi connectivity index (χ2n) is 5.43. The third-order valence-corrected chi connectivity index (χ3v) is 4.09. The van der Waals surface area contributed by atoms with Crippen LogP contribution in [0.2, 0.25) is 0 Å². The number of anilines is 1. The SMILES string of the molecule is COc1ccc(C)cc1NC(=O)C1(C(N)=NO)CCCC1. The molecule has 2 rings (SSSR count). The van der Waals surface area contributed by atoms with Gasteiger partial charge >= 0.3 is 0 Å². The van der Waals surface area contributed by atoms with Crippen LogP contribution >= 0.6 is 0 Å². The molecule has 1 aromatic carbocycles. The number of methoxy groups -OCH3 is 1. The smallest absolute Gasteiger partial charge is 0.238 e. The van der Waals surface area contributed by atoms with E-state index in [9.17, 15) is 4.79 Å². The lowest BCUT2D eigenvalue weighted by Gasteiger charge is -2.26. The minimum absolute atomic E-state index is 0.0240. The molecule has 1 aromatic rings. The molecular formula is C15H21N3O3. The van der Waals surface area contributed by atoms with E-state index >= 15 is 0 Å². The number of carbonyl (C=O) groups excluding carboxylic acids is 1. The predicted molar refractivity (Wildman–Crippen MR) is 80.7 cm³/mol. The molecule has 0 aromatic heterocycles. The maximum absolute atomic E-state index is 12.7. The molecular weight excluding hydrogens is 270 g/mol. The van der Waals surface area contributed by atoms with E-state index in [1.807, 2.05) is 19.1 Å². The standard InChI is InChI=1S/C15H21N3O3/c1-10-5-6-12(21-2)11(9-10)17-14(19)15(13(16)18-20)7-3-4-8-15/h5-6,9,20H,3-4,7-8H2,1-2H3,(H2,16,18)(H,17,19). The van der Waals surface area contributed by atoms with Gasteiger partial charge in [0.2, 0.25) is 5.91 Å². The number of nitrogens with two attached hydrogens (primary N) is 1. The van der Waals surface area contributed by atoms with Gasteiger partial charge in [-0.1, -0.05) is 24.1 Å². The van der Waals surface area contributed by atoms with Gasteiger partial charge in [0.25, 0.3) is 0 Å². The van der Waals surface area contributed by atoms with Crippen molar-refractivity contribution in [1.29, 1.82) is 0 Å². The Morgan fingerprint density at radius 2 is 2.10 bits per heavy atom. The second-order valence-corrected chi connectivity index (χ2v) is 5.43. The van der Waals surface area contributed by atoms with E-state index in [-0.39, 0.29) is 11.7 Å². The number of aryl methyl sites for hydroxylation is 1. The lowest BCUT2D eigenvalue weighted by molar-refractivity contribution is -0.122. The van der Waals surface area contributed by atoms with Gasteiger partial charge in [0, 0.05) is 0 Å². The van der Waals surface area contributed by atoms with E-state index in [4.69, 9.17) is 15.7 Å². The Morgan fingerprint density at radius 1 is 1.43 bits per heavy atom. The lowest BCUT2D eigenvalue weighted by Crippen LogP contribution is -2.45. The summed E-state index contributed by atoms with van der Waals surface area (Å²) >= 11 is 0. The molecule has 6 heteroatoms. The maximum Gasteiger partial charge on any atom is 0.238 e. The summed E-state index contributed by atoms with van der Waals surface area (Å²) in [5.74, 6) is 0.310. The van der Waals surface area contributed by atoms with Gasteiger partial charge in [-0.15, -0.1) is 0 Å². The number of hydrogen-bond acceptors (Lipinski definition) is 4. The van der Waals surface area contributed by atoms with E-state index in [2.05, 4.69) is 10.5 Å². The molecule has 1 aliphatic rings. The first-order valence-electron chi connectivity index (χ1n) is 6.97. The molecule has 1 saturated carbocycles. The minimum atomic E-state index is -0.927. The normalized spacial score (nSPS) is 17.5. The van der Waals surface area contributed by atoms with Crippen LogP contribution in [-0.2, 0) is 4.79 Å². The number of carbonyl (C=O) groups is 1. The van der Waals surface area contributed by atoms with Crippen LogP contribution in [0.4, 0.5) is 5.69 Å². The topological polar surface area (TPSA) is 96.9 Å². The van der Waals surface area contributed by atoms with E-state index < -0.39 is 5.41 Å². The molecule has 4 N–H and O–H groups in total. The summed E-state index contributed by atoms with van der Waals surface area (Å²) in [5.41, 5.74) is 6.46. The summed E-state index contributed by atoms with van der Waals surface area (Å²) in [6.45, 7) is 1.93. The Bertz CT molecular complexity index is 563. The van der Waals surface area contributed by atoms with E-state index in [1.54, 1.807) is 13.2 Å². The van der Waals surface area contributed by atoms with Gasteiger partial charge in [0.1, 0.15) is 11.2 Å². The highest BCUT2D eigenvalue weighted by atomic mass is 16.5. The fourth-order valence-electron chi connectivity index (χ4n) is 2.84. The van der Waals surface area contributed by atoms with Gasteiger partial charge in [0.05, 0.1) is 12.8 Å². The quantitative estimate of drug-likeness (QED) is 0.343. The summed E-state index contributed by atoms with van der Waals surface area (Å²) in [7, 11) is 1.55. The van der Waals surface area contributed by atoms with Crippen molar-refractivity contribution in [3.63, 3.8) is 0 Å². The first-order chi connectivity index (χ1) is 10.0. The van der Waals surface area contributed by atoms with Crippen LogP contribution in [0.15, 0.2) is 23.4 Å². The molecule has 0 unspecified atom stereocenters. The number of oxime groups is 1. The molecule has 1 fully saturated rings. The van der Waals surface area contributed by atoms with E-state index in [0.717, 1.165) is 18.4 Å². The first kappa shape index (κ1) is 15.2. The molecule has 0 bridgehead atoms. The van der Waals surface area contributed by atoms with Crippen LogP contribution in [0.5, 0.6) is 5.75 Å². The van der Waals surface area contributed by atoms with Crippen molar-refractivity contribution < 1.29 is 14.7 Å². The van der Waals surface area contributed by atoms with Crippen LogP contribution in [0, 0.1) is 12.3 Å². The summed E-state index contributed by atoms with van der Waals surface area (Å²) in [5, 5.41) is 14.9. The van der Waals surface area contributed by atoms with Crippen molar-refractivity contribution in [2.75, 3.05) is 12.4 Å². The fraction of sp³-hybridized carbons (Fsp3) is 0.467. The van der Waals surface area contributed by atoms with E-state index in [0.29, 0.717) is 24.3 Å². The Kier molecular flexibility index (Phi) is 4.35. The predicted octanol–water partition coefficient (Wildman–Crippen LogP) is 2.25. The maximum atomic E-state index is 12.7. The van der Waals surface area contributed by atoms with Gasteiger partial charge in [-0.25, -0.2) is 0 Å². The first-order valence-corrected chi connectivity index (χ1v) is 6.97. The monoisotopic (exact) mass is 291 g/mol. The van der Waals surface area contributed by atoms with Crippen molar-refractivity contribution >= 4 is 17.4 Å². The number of benzene rings is 1. The van der Waals surface area contributed by atoms with Crippen LogP contribution in [-0.4, -0.2) is 24.1 Å². The molecule has 0 atom stereocenters. The van der Waals surface area contributed by atoms with Gasteiger partial charge in [-0.3, -0.25) is 4.79 Å². The number of rotatable bonds is 4. The van der Waals surface area contributed by atoms with Gasteiger partial charge < -0.3 is 21.0 Å². The summed E-state index contributed by atoms with van der Waals surface area (Å²) in [4.78, 5) is 12.7. The number of nitrogens with one attached hydrogen (secondary N) is 1. The summed E-state index contributed by atoms with van der Waals surface area (Å²) in [6, 6.07) is 5.55. The molecule has 6 nitrogen and oxygen atoms in total. The lowest BCUT2D eigenvalue weighted by atomic mass is 9.83. The zero-order valence-electron chi connectivity index (χ0n) is 12.3. The van der Waals surface area contributed by atoms with Crippen molar-refractivity contribution in [3.05, 3.63) is 23.8 Å². The summed E-state index contributed by atoms with van der Waals surface area (Å²) in [6.07, 6.45) is 2.94. The second kappa shape index (κ2) is 6.03. The Morgan fingerprint density at radius 3 is 2.67 bits per heavy atom. The van der Waals surface area contributed by atoms with Crippen molar-refractivity contribution in [2.45, 2.75) is 32.6 Å². The average molecular weight is 291 g/mol. The zero-order chi connectivity index (χ0) is 15.5. The molecule has 114 valence electrons. The van der Waals surface area contributed by atoms with Crippen LogP contribution in [0.25, 0.3) is 0 Å². The van der Waals surface area contributed by atoms with E-state index in [1.165, 1.54) is 0 Å². The molecule has 0 radical (unpaired) electrons. The van der Waals surface area contributed by atoms with Crippen LogP contribution in [0.1, 0.15) is 31.2 Å². The Balaban J connectivity index is 2.30. The van der Waals surface area contributed by atoms with Gasteiger partial charge in [-0.05, 0) is 37.5 Å². The number of amidine groups is 1. The van der Waals surface area contributed by atoms with Crippen molar-refractivity contribution in [3.8, 4) is 5.75 Å². The zero-order valence-corrected chi connectivity index (χ0v) is 12.3. The van der Waals surface area contributed by atoms with Crippen molar-refractivity contribution in [1.82, 2.24) is 0 Å². The van der Waals surface area contributed by atoms with Crippen molar-refractivity contribution in [2.24, 2.45) is 16.3 Å². The fourth-order valence-corrected chi connectivity index (χ4v) is 2.84.